The molecule has 29 heavy (non-hydrogen) atoms. The summed E-state index contributed by atoms with van der Waals surface area (Å²) in [6.45, 7) is 4.62. The maximum Gasteiger partial charge on any atom is 0.272 e. The quantitative estimate of drug-likeness (QED) is 0.420. The highest BCUT2D eigenvalue weighted by Gasteiger charge is 2.22. The van der Waals surface area contributed by atoms with E-state index in [1.165, 1.54) is 25.2 Å². The van der Waals surface area contributed by atoms with Crippen LogP contribution in [0.5, 0.6) is 0 Å². The zero-order valence-electron chi connectivity index (χ0n) is 16.5. The lowest BCUT2D eigenvalue weighted by Crippen LogP contribution is -2.36. The van der Waals surface area contributed by atoms with Gasteiger partial charge >= 0.3 is 0 Å². The molecule has 0 aromatic heterocycles. The molecule has 9 nitrogen and oxygen atoms in total. The van der Waals surface area contributed by atoms with Crippen molar-refractivity contribution in [2.75, 3.05) is 13.6 Å². The number of aryl methyl sites for hydroxylation is 2. The van der Waals surface area contributed by atoms with Crippen LogP contribution in [0.3, 0.4) is 0 Å². The number of hydrazone groups is 1. The van der Waals surface area contributed by atoms with Crippen LogP contribution in [-0.2, 0) is 14.8 Å². The van der Waals surface area contributed by atoms with Gasteiger partial charge in [0.1, 0.15) is 0 Å². The molecule has 0 spiro atoms. The van der Waals surface area contributed by atoms with E-state index in [-0.39, 0.29) is 10.6 Å². The van der Waals surface area contributed by atoms with Crippen molar-refractivity contribution in [1.29, 1.82) is 0 Å². The van der Waals surface area contributed by atoms with Gasteiger partial charge in [-0.2, -0.15) is 9.41 Å². The van der Waals surface area contributed by atoms with Crippen LogP contribution in [0.1, 0.15) is 23.6 Å². The third-order valence-electron chi connectivity index (χ3n) is 4.27. The number of carbonyl (C=O) groups excluding carboxylic acids is 1. The van der Waals surface area contributed by atoms with E-state index < -0.39 is 27.4 Å². The summed E-state index contributed by atoms with van der Waals surface area (Å²) in [5, 5.41) is 15.0. The van der Waals surface area contributed by atoms with Crippen LogP contribution in [0.2, 0.25) is 0 Å². The molecule has 1 N–H and O–H groups in total. The second-order valence-corrected chi connectivity index (χ2v) is 8.61. The van der Waals surface area contributed by atoms with Crippen LogP contribution in [0.15, 0.2) is 52.5 Å². The number of nitrogens with one attached hydrogen (secondary N) is 1. The second-order valence-electron chi connectivity index (χ2n) is 6.56. The van der Waals surface area contributed by atoms with E-state index in [2.05, 4.69) is 10.5 Å². The molecule has 0 atom stereocenters. The van der Waals surface area contributed by atoms with Crippen LogP contribution in [0, 0.1) is 24.0 Å². The van der Waals surface area contributed by atoms with Gasteiger partial charge in [0.2, 0.25) is 10.0 Å². The Labute approximate surface area is 169 Å². The molecule has 0 radical (unpaired) electrons. The average Bonchev–Trinajstić information content (AvgIpc) is 2.66. The Morgan fingerprint density at radius 3 is 2.38 bits per heavy atom. The third kappa shape index (κ3) is 5.46. The first-order valence-electron chi connectivity index (χ1n) is 8.64. The Hall–Kier alpha value is -3.11. The standard InChI is InChI=1S/C19H22N4O5S/c1-13-5-9-17(10-6-13)29(27,28)22(4)12-19(24)21-20-15(3)16-8-7-14(2)18(11-16)23(25)26/h5-11H,12H2,1-4H3,(H,21,24)/b20-15-. The molecule has 10 heteroatoms. The predicted molar refractivity (Wildman–Crippen MR) is 109 cm³/mol. The molecule has 2 aromatic carbocycles. The van der Waals surface area contributed by atoms with Crippen molar-refractivity contribution >= 4 is 27.3 Å². The fourth-order valence-electron chi connectivity index (χ4n) is 2.45. The van der Waals surface area contributed by atoms with Crippen LogP contribution in [0.4, 0.5) is 5.69 Å². The maximum atomic E-state index is 12.5. The van der Waals surface area contributed by atoms with Gasteiger partial charge in [-0.05, 0) is 32.9 Å². The van der Waals surface area contributed by atoms with Crippen LogP contribution in [-0.4, -0.2) is 42.9 Å². The van der Waals surface area contributed by atoms with Crippen LogP contribution >= 0.6 is 0 Å². The first kappa shape index (κ1) is 22.2. The normalized spacial score (nSPS) is 12.1. The molecule has 154 valence electrons. The minimum absolute atomic E-state index is 0.0488. The number of hydrogen-bond acceptors (Lipinski definition) is 6. The van der Waals surface area contributed by atoms with Gasteiger partial charge in [0.25, 0.3) is 11.6 Å². The van der Waals surface area contributed by atoms with Crippen molar-refractivity contribution < 1.29 is 18.1 Å². The number of amides is 1. The number of benzene rings is 2. The number of likely N-dealkylation sites (N-methyl/N-ethyl adjacent to an activating group) is 1. The molecular formula is C19H22N4O5S. The van der Waals surface area contributed by atoms with Crippen molar-refractivity contribution in [3.8, 4) is 0 Å². The molecule has 0 heterocycles. The molecule has 0 aliphatic carbocycles. The smallest absolute Gasteiger partial charge is 0.272 e. The molecule has 0 saturated carbocycles. The van der Waals surface area contributed by atoms with Crippen LogP contribution < -0.4 is 5.43 Å². The zero-order valence-corrected chi connectivity index (χ0v) is 17.4. The van der Waals surface area contributed by atoms with Crippen molar-refractivity contribution in [2.24, 2.45) is 5.10 Å². The summed E-state index contributed by atoms with van der Waals surface area (Å²) in [6, 6.07) is 10.9. The topological polar surface area (TPSA) is 122 Å². The highest BCUT2D eigenvalue weighted by molar-refractivity contribution is 7.89. The Morgan fingerprint density at radius 2 is 1.79 bits per heavy atom. The van der Waals surface area contributed by atoms with E-state index >= 15 is 0 Å². The van der Waals surface area contributed by atoms with E-state index in [1.807, 2.05) is 6.92 Å². The average molecular weight is 418 g/mol. The minimum atomic E-state index is -3.81. The largest absolute Gasteiger partial charge is 0.272 e. The van der Waals surface area contributed by atoms with Crippen LogP contribution in [0.25, 0.3) is 0 Å². The molecule has 0 fully saturated rings. The molecule has 0 saturated heterocycles. The summed E-state index contributed by atoms with van der Waals surface area (Å²) in [5.41, 5.74) is 4.49. The molecule has 0 aliphatic rings. The van der Waals surface area contributed by atoms with Gasteiger partial charge in [-0.25, -0.2) is 13.8 Å². The Balaban J connectivity index is 2.07. The van der Waals surface area contributed by atoms with E-state index in [1.54, 1.807) is 38.1 Å². The lowest BCUT2D eigenvalue weighted by molar-refractivity contribution is -0.385. The van der Waals surface area contributed by atoms with Gasteiger partial charge in [-0.1, -0.05) is 29.8 Å². The van der Waals surface area contributed by atoms with Gasteiger partial charge in [-0.15, -0.1) is 0 Å². The number of hydrogen-bond donors (Lipinski definition) is 1. The Morgan fingerprint density at radius 1 is 1.17 bits per heavy atom. The fourth-order valence-corrected chi connectivity index (χ4v) is 3.58. The lowest BCUT2D eigenvalue weighted by Gasteiger charge is -2.16. The van der Waals surface area contributed by atoms with Gasteiger partial charge < -0.3 is 0 Å². The predicted octanol–water partition coefficient (Wildman–Crippen LogP) is 2.37. The summed E-state index contributed by atoms with van der Waals surface area (Å²) < 4.78 is 26.0. The van der Waals surface area contributed by atoms with Crippen molar-refractivity contribution in [2.45, 2.75) is 25.7 Å². The highest BCUT2D eigenvalue weighted by Crippen LogP contribution is 2.19. The van der Waals surface area contributed by atoms with Gasteiger partial charge in [0.15, 0.2) is 0 Å². The Kier molecular flexibility index (Phi) is 6.83. The molecule has 2 rings (SSSR count). The van der Waals surface area contributed by atoms with Gasteiger partial charge in [-0.3, -0.25) is 14.9 Å². The van der Waals surface area contributed by atoms with E-state index in [9.17, 15) is 23.3 Å². The van der Waals surface area contributed by atoms with Gasteiger partial charge in [0.05, 0.1) is 22.1 Å². The maximum absolute atomic E-state index is 12.5. The van der Waals surface area contributed by atoms with Crippen molar-refractivity contribution in [1.82, 2.24) is 9.73 Å². The number of sulfonamides is 1. The molecule has 0 unspecified atom stereocenters. The highest BCUT2D eigenvalue weighted by atomic mass is 32.2. The lowest BCUT2D eigenvalue weighted by atomic mass is 10.1. The number of nitro groups is 1. The fraction of sp³-hybridized carbons (Fsp3) is 0.263. The minimum Gasteiger partial charge on any atom is -0.272 e. The number of rotatable bonds is 7. The number of carbonyl (C=O) groups is 1. The molecule has 1 amide bonds. The van der Waals surface area contributed by atoms with E-state index in [4.69, 9.17) is 0 Å². The SMILES string of the molecule is C/C(=N/NC(=O)CN(C)S(=O)(=O)c1ccc(C)cc1)c1ccc(C)c([N+](=O)[O-])c1. The van der Waals surface area contributed by atoms with E-state index in [0.717, 1.165) is 9.87 Å². The summed E-state index contributed by atoms with van der Waals surface area (Å²) in [7, 11) is -2.51. The Bertz CT molecular complexity index is 1060. The van der Waals surface area contributed by atoms with E-state index in [0.29, 0.717) is 16.8 Å². The summed E-state index contributed by atoms with van der Waals surface area (Å²) in [4.78, 5) is 22.8. The number of nitrogens with zero attached hydrogens (tertiary/aromatic N) is 3. The molecule has 2 aromatic rings. The van der Waals surface area contributed by atoms with Crippen molar-refractivity contribution in [3.63, 3.8) is 0 Å². The monoisotopic (exact) mass is 418 g/mol. The zero-order chi connectivity index (χ0) is 21.8. The summed E-state index contributed by atoms with van der Waals surface area (Å²) >= 11 is 0. The van der Waals surface area contributed by atoms with Gasteiger partial charge in [0, 0.05) is 24.2 Å². The van der Waals surface area contributed by atoms with Crippen molar-refractivity contribution in [3.05, 3.63) is 69.3 Å². The second kappa shape index (κ2) is 8.93. The first-order chi connectivity index (χ1) is 13.5. The summed E-state index contributed by atoms with van der Waals surface area (Å²) in [5.74, 6) is -0.635. The molecule has 0 bridgehead atoms. The first-order valence-corrected chi connectivity index (χ1v) is 10.1. The molecule has 0 aliphatic heterocycles. The molecular weight excluding hydrogens is 396 g/mol. The number of nitro benzene ring substituents is 1. The third-order valence-corrected chi connectivity index (χ3v) is 6.08. The summed E-state index contributed by atoms with van der Waals surface area (Å²) in [6.07, 6.45) is 0.